The Hall–Kier alpha value is -2.55. The molecular weight excluding hydrogens is 248 g/mol. The maximum atomic E-state index is 5.84. The van der Waals surface area contributed by atoms with Crippen molar-refractivity contribution in [3.63, 3.8) is 0 Å². The number of hydrogen-bond acceptors (Lipinski definition) is 3. The highest BCUT2D eigenvalue weighted by Gasteiger charge is 2.03. The minimum atomic E-state index is 0.498. The van der Waals surface area contributed by atoms with Crippen LogP contribution in [0.3, 0.4) is 0 Å². The molecule has 0 aliphatic rings. The van der Waals surface area contributed by atoms with Crippen LogP contribution >= 0.6 is 0 Å². The van der Waals surface area contributed by atoms with Crippen LogP contribution in [-0.2, 0) is 6.61 Å². The summed E-state index contributed by atoms with van der Waals surface area (Å²) in [5.74, 6) is 0.824. The predicted molar refractivity (Wildman–Crippen MR) is 81.7 cm³/mol. The number of hydrogen-bond donors (Lipinski definition) is 1. The molecular formula is C17H16N2O. The lowest BCUT2D eigenvalue weighted by Gasteiger charge is -2.09. The van der Waals surface area contributed by atoms with Crippen molar-refractivity contribution in [2.24, 2.45) is 0 Å². The molecule has 0 fully saturated rings. The number of rotatable bonds is 3. The van der Waals surface area contributed by atoms with Gasteiger partial charge in [-0.3, -0.25) is 4.98 Å². The second kappa shape index (κ2) is 5.21. The molecule has 100 valence electrons. The van der Waals surface area contributed by atoms with Gasteiger partial charge in [0.25, 0.3) is 0 Å². The first-order valence-corrected chi connectivity index (χ1v) is 6.55. The molecule has 0 unspecified atom stereocenters. The van der Waals surface area contributed by atoms with Crippen molar-refractivity contribution in [3.8, 4) is 5.75 Å². The zero-order valence-electron chi connectivity index (χ0n) is 11.3. The van der Waals surface area contributed by atoms with Crippen LogP contribution in [0.15, 0.2) is 54.7 Å². The number of nitrogens with zero attached hydrogens (tertiary/aromatic N) is 1. The standard InChI is InChI=1S/C17H16N2O/c1-12-10-15(7-8-16(12)18)20-11-14-5-2-4-13-6-3-9-19-17(13)14/h2-10H,11,18H2,1H3. The molecule has 0 radical (unpaired) electrons. The SMILES string of the molecule is Cc1cc(OCc2cccc3cccnc23)ccc1N. The number of fused-ring (bicyclic) bond motifs is 1. The van der Waals surface area contributed by atoms with E-state index in [1.165, 1.54) is 0 Å². The molecule has 0 atom stereocenters. The summed E-state index contributed by atoms with van der Waals surface area (Å²) in [6, 6.07) is 15.8. The Morgan fingerprint density at radius 1 is 1.10 bits per heavy atom. The number of ether oxygens (including phenoxy) is 1. The highest BCUT2D eigenvalue weighted by Crippen LogP contribution is 2.21. The van der Waals surface area contributed by atoms with Gasteiger partial charge in [-0.1, -0.05) is 24.3 Å². The highest BCUT2D eigenvalue weighted by molar-refractivity contribution is 5.81. The smallest absolute Gasteiger partial charge is 0.120 e. The molecule has 0 spiro atoms. The van der Waals surface area contributed by atoms with Crippen LogP contribution in [0.2, 0.25) is 0 Å². The Morgan fingerprint density at radius 2 is 1.95 bits per heavy atom. The van der Waals surface area contributed by atoms with Gasteiger partial charge in [-0.2, -0.15) is 0 Å². The molecule has 0 saturated carbocycles. The second-order valence-corrected chi connectivity index (χ2v) is 4.80. The lowest BCUT2D eigenvalue weighted by molar-refractivity contribution is 0.307. The summed E-state index contributed by atoms with van der Waals surface area (Å²) in [6.07, 6.45) is 1.80. The molecule has 3 rings (SSSR count). The fraction of sp³-hybridized carbons (Fsp3) is 0.118. The number of nitrogen functional groups attached to an aromatic ring is 1. The molecule has 0 bridgehead atoms. The lowest BCUT2D eigenvalue weighted by atomic mass is 10.1. The van der Waals surface area contributed by atoms with Gasteiger partial charge in [0.1, 0.15) is 12.4 Å². The van der Waals surface area contributed by atoms with Crippen LogP contribution in [0.4, 0.5) is 5.69 Å². The van der Waals surface area contributed by atoms with E-state index in [2.05, 4.69) is 17.1 Å². The van der Waals surface area contributed by atoms with Gasteiger partial charge >= 0.3 is 0 Å². The van der Waals surface area contributed by atoms with E-state index in [9.17, 15) is 0 Å². The van der Waals surface area contributed by atoms with E-state index in [4.69, 9.17) is 10.5 Å². The van der Waals surface area contributed by atoms with E-state index < -0.39 is 0 Å². The fourth-order valence-electron chi connectivity index (χ4n) is 2.18. The number of para-hydroxylation sites is 1. The van der Waals surface area contributed by atoms with Crippen LogP contribution in [0.1, 0.15) is 11.1 Å². The van der Waals surface area contributed by atoms with Crippen molar-refractivity contribution < 1.29 is 4.74 Å². The first kappa shape index (κ1) is 12.5. The minimum Gasteiger partial charge on any atom is -0.489 e. The molecule has 3 heteroatoms. The predicted octanol–water partition coefficient (Wildman–Crippen LogP) is 3.70. The Labute approximate surface area is 118 Å². The molecule has 3 aromatic rings. The summed E-state index contributed by atoms with van der Waals surface area (Å²) in [5, 5.41) is 1.13. The van der Waals surface area contributed by atoms with E-state index in [1.807, 2.05) is 43.3 Å². The first-order chi connectivity index (χ1) is 9.74. The van der Waals surface area contributed by atoms with E-state index in [0.717, 1.165) is 33.5 Å². The van der Waals surface area contributed by atoms with Crippen molar-refractivity contribution in [1.82, 2.24) is 4.98 Å². The summed E-state index contributed by atoms with van der Waals surface area (Å²) in [5.41, 5.74) is 9.68. The zero-order chi connectivity index (χ0) is 13.9. The zero-order valence-corrected chi connectivity index (χ0v) is 11.3. The van der Waals surface area contributed by atoms with Crippen molar-refractivity contribution in [2.75, 3.05) is 5.73 Å². The van der Waals surface area contributed by atoms with Gasteiger partial charge in [-0.15, -0.1) is 0 Å². The summed E-state index contributed by atoms with van der Waals surface area (Å²) < 4.78 is 5.84. The number of pyridine rings is 1. The first-order valence-electron chi connectivity index (χ1n) is 6.55. The summed E-state index contributed by atoms with van der Waals surface area (Å²) in [7, 11) is 0. The number of anilines is 1. The van der Waals surface area contributed by atoms with E-state index in [1.54, 1.807) is 6.20 Å². The van der Waals surface area contributed by atoms with Crippen LogP contribution in [-0.4, -0.2) is 4.98 Å². The van der Waals surface area contributed by atoms with Crippen molar-refractivity contribution in [2.45, 2.75) is 13.5 Å². The normalized spacial score (nSPS) is 10.7. The van der Waals surface area contributed by atoms with E-state index in [-0.39, 0.29) is 0 Å². The quantitative estimate of drug-likeness (QED) is 0.734. The average Bonchev–Trinajstić information content (AvgIpc) is 2.48. The number of nitrogens with two attached hydrogens (primary N) is 1. The second-order valence-electron chi connectivity index (χ2n) is 4.80. The summed E-state index contributed by atoms with van der Waals surface area (Å²) in [4.78, 5) is 4.43. The van der Waals surface area contributed by atoms with Gasteiger partial charge in [0, 0.05) is 22.8 Å². The molecule has 0 saturated heterocycles. The topological polar surface area (TPSA) is 48.1 Å². The highest BCUT2D eigenvalue weighted by atomic mass is 16.5. The minimum absolute atomic E-state index is 0.498. The number of benzene rings is 2. The fourth-order valence-corrected chi connectivity index (χ4v) is 2.18. The van der Waals surface area contributed by atoms with Gasteiger partial charge in [-0.25, -0.2) is 0 Å². The van der Waals surface area contributed by atoms with Crippen LogP contribution < -0.4 is 10.5 Å². The van der Waals surface area contributed by atoms with E-state index in [0.29, 0.717) is 6.61 Å². The Balaban J connectivity index is 1.85. The molecule has 0 amide bonds. The molecule has 0 aliphatic carbocycles. The van der Waals surface area contributed by atoms with Gasteiger partial charge in [0.15, 0.2) is 0 Å². The summed E-state index contributed by atoms with van der Waals surface area (Å²) in [6.45, 7) is 2.47. The largest absolute Gasteiger partial charge is 0.489 e. The average molecular weight is 264 g/mol. The molecule has 1 heterocycles. The van der Waals surface area contributed by atoms with Crippen LogP contribution in [0.25, 0.3) is 10.9 Å². The summed E-state index contributed by atoms with van der Waals surface area (Å²) >= 11 is 0. The van der Waals surface area contributed by atoms with Crippen LogP contribution in [0.5, 0.6) is 5.75 Å². The third-order valence-electron chi connectivity index (χ3n) is 3.35. The number of aryl methyl sites for hydroxylation is 1. The van der Waals surface area contributed by atoms with E-state index >= 15 is 0 Å². The molecule has 2 N–H and O–H groups in total. The van der Waals surface area contributed by atoms with Crippen molar-refractivity contribution >= 4 is 16.6 Å². The van der Waals surface area contributed by atoms with Gasteiger partial charge in [-0.05, 0) is 36.8 Å². The maximum Gasteiger partial charge on any atom is 0.120 e. The number of aromatic nitrogens is 1. The Kier molecular flexibility index (Phi) is 3.25. The monoisotopic (exact) mass is 264 g/mol. The third kappa shape index (κ3) is 2.43. The van der Waals surface area contributed by atoms with Crippen molar-refractivity contribution in [3.05, 3.63) is 65.9 Å². The molecule has 2 aromatic carbocycles. The van der Waals surface area contributed by atoms with Gasteiger partial charge < -0.3 is 10.5 Å². The molecule has 1 aromatic heterocycles. The van der Waals surface area contributed by atoms with Gasteiger partial charge in [0.2, 0.25) is 0 Å². The molecule has 0 aliphatic heterocycles. The molecule has 3 nitrogen and oxygen atoms in total. The Morgan fingerprint density at radius 3 is 2.80 bits per heavy atom. The third-order valence-corrected chi connectivity index (χ3v) is 3.35. The van der Waals surface area contributed by atoms with Crippen molar-refractivity contribution in [1.29, 1.82) is 0 Å². The van der Waals surface area contributed by atoms with Crippen LogP contribution in [0, 0.1) is 6.92 Å². The molecule has 20 heavy (non-hydrogen) atoms. The maximum absolute atomic E-state index is 5.84. The lowest BCUT2D eigenvalue weighted by Crippen LogP contribution is -1.98. The Bertz CT molecular complexity index is 748. The van der Waals surface area contributed by atoms with Gasteiger partial charge in [0.05, 0.1) is 5.52 Å².